The Morgan fingerprint density at radius 1 is 1.53 bits per heavy atom. The van der Waals surface area contributed by atoms with Crippen molar-refractivity contribution in [2.24, 2.45) is 5.92 Å². The molecule has 0 spiro atoms. The van der Waals surface area contributed by atoms with Crippen LogP contribution in [0.15, 0.2) is 6.07 Å². The van der Waals surface area contributed by atoms with Gasteiger partial charge < -0.3 is 10.1 Å². The molecule has 2 atom stereocenters. The van der Waals surface area contributed by atoms with E-state index in [0.717, 1.165) is 17.6 Å². The van der Waals surface area contributed by atoms with E-state index in [4.69, 9.17) is 4.74 Å². The number of nitrogens with one attached hydrogen (secondary N) is 1. The van der Waals surface area contributed by atoms with Crippen LogP contribution in [0.25, 0.3) is 0 Å². The number of hydrogen-bond donors (Lipinski definition) is 1. The molecule has 0 radical (unpaired) electrons. The summed E-state index contributed by atoms with van der Waals surface area (Å²) in [4.78, 5) is 8.53. The van der Waals surface area contributed by atoms with Crippen LogP contribution in [-0.2, 0) is 0 Å². The molecule has 82 valence electrons. The predicted molar refractivity (Wildman–Crippen MR) is 59.1 cm³/mol. The summed E-state index contributed by atoms with van der Waals surface area (Å²) in [5.74, 6) is 3.04. The second-order valence-electron chi connectivity index (χ2n) is 4.04. The third kappa shape index (κ3) is 2.58. The number of aryl methyl sites for hydroxylation is 1. The maximum absolute atomic E-state index is 5.37. The van der Waals surface area contributed by atoms with Gasteiger partial charge in [-0.15, -0.1) is 0 Å². The fraction of sp³-hybridized carbons (Fsp3) is 0.636. The lowest BCUT2D eigenvalue weighted by atomic mass is 10.4. The van der Waals surface area contributed by atoms with Crippen LogP contribution in [0.2, 0.25) is 0 Å². The second-order valence-corrected chi connectivity index (χ2v) is 4.04. The predicted octanol–water partition coefficient (Wildman–Crippen LogP) is 2.00. The number of rotatable bonds is 4. The first-order valence-electron chi connectivity index (χ1n) is 5.44. The molecule has 0 saturated heterocycles. The minimum Gasteiger partial charge on any atom is -0.478 e. The molecule has 0 amide bonds. The average molecular weight is 207 g/mol. The Hall–Kier alpha value is -1.32. The molecular formula is C11H17N3O. The molecule has 0 aromatic carbocycles. The first-order valence-corrected chi connectivity index (χ1v) is 5.44. The molecule has 1 fully saturated rings. The lowest BCUT2D eigenvalue weighted by molar-refractivity contribution is 0.325. The fourth-order valence-corrected chi connectivity index (χ4v) is 1.55. The molecule has 0 bridgehead atoms. The van der Waals surface area contributed by atoms with Gasteiger partial charge in [0, 0.05) is 12.1 Å². The van der Waals surface area contributed by atoms with E-state index in [0.29, 0.717) is 18.5 Å². The normalized spacial score (nSPS) is 23.7. The van der Waals surface area contributed by atoms with Crippen molar-refractivity contribution in [2.45, 2.75) is 33.2 Å². The molecule has 1 heterocycles. The molecule has 2 rings (SSSR count). The van der Waals surface area contributed by atoms with E-state index in [1.807, 2.05) is 19.9 Å². The van der Waals surface area contributed by atoms with Crippen molar-refractivity contribution in [1.82, 2.24) is 9.97 Å². The first kappa shape index (κ1) is 10.2. The van der Waals surface area contributed by atoms with Crippen LogP contribution in [0.4, 0.5) is 5.82 Å². The van der Waals surface area contributed by atoms with E-state index < -0.39 is 0 Å². The molecule has 2 unspecified atom stereocenters. The number of nitrogens with zero attached hydrogens (tertiary/aromatic N) is 2. The van der Waals surface area contributed by atoms with Crippen LogP contribution in [0.5, 0.6) is 5.88 Å². The minimum atomic E-state index is 0.578. The van der Waals surface area contributed by atoms with Gasteiger partial charge in [0.25, 0.3) is 0 Å². The Morgan fingerprint density at radius 3 is 2.87 bits per heavy atom. The fourth-order valence-electron chi connectivity index (χ4n) is 1.55. The molecule has 15 heavy (non-hydrogen) atoms. The van der Waals surface area contributed by atoms with Gasteiger partial charge in [0.05, 0.1) is 6.61 Å². The van der Waals surface area contributed by atoms with Crippen LogP contribution in [0, 0.1) is 12.8 Å². The highest BCUT2D eigenvalue weighted by atomic mass is 16.5. The van der Waals surface area contributed by atoms with Crippen molar-refractivity contribution in [1.29, 1.82) is 0 Å². The Balaban J connectivity index is 2.08. The Kier molecular flexibility index (Phi) is 2.75. The smallest absolute Gasteiger partial charge is 0.218 e. The molecule has 4 heteroatoms. The minimum absolute atomic E-state index is 0.578. The van der Waals surface area contributed by atoms with Crippen LogP contribution in [0.1, 0.15) is 26.1 Å². The standard InChI is InChI=1S/C11H17N3O/c1-4-15-11-6-10(12-8(3)13-11)14-9-5-7(9)2/h6-7,9H,4-5H2,1-3H3,(H,12,13,14). The van der Waals surface area contributed by atoms with Crippen molar-refractivity contribution in [3.05, 3.63) is 11.9 Å². The lowest BCUT2D eigenvalue weighted by Gasteiger charge is -2.07. The zero-order valence-electron chi connectivity index (χ0n) is 9.45. The monoisotopic (exact) mass is 207 g/mol. The number of aromatic nitrogens is 2. The Morgan fingerprint density at radius 2 is 2.27 bits per heavy atom. The largest absolute Gasteiger partial charge is 0.478 e. The van der Waals surface area contributed by atoms with Gasteiger partial charge in [0.1, 0.15) is 11.6 Å². The van der Waals surface area contributed by atoms with Crippen LogP contribution >= 0.6 is 0 Å². The molecule has 1 aliphatic rings. The summed E-state index contributed by atoms with van der Waals surface area (Å²) >= 11 is 0. The SMILES string of the molecule is CCOc1cc(NC2CC2C)nc(C)n1. The van der Waals surface area contributed by atoms with Gasteiger partial charge in [0.15, 0.2) is 0 Å². The number of anilines is 1. The molecule has 0 aliphatic heterocycles. The van der Waals surface area contributed by atoms with E-state index in [1.54, 1.807) is 0 Å². The molecular weight excluding hydrogens is 190 g/mol. The number of hydrogen-bond acceptors (Lipinski definition) is 4. The summed E-state index contributed by atoms with van der Waals surface area (Å²) in [7, 11) is 0. The van der Waals surface area contributed by atoms with Gasteiger partial charge in [-0.2, -0.15) is 4.98 Å². The summed E-state index contributed by atoms with van der Waals surface area (Å²) in [6.45, 7) is 6.70. The van der Waals surface area contributed by atoms with E-state index in [1.165, 1.54) is 6.42 Å². The zero-order chi connectivity index (χ0) is 10.8. The Bertz CT molecular complexity index is 354. The summed E-state index contributed by atoms with van der Waals surface area (Å²) < 4.78 is 5.37. The van der Waals surface area contributed by atoms with Gasteiger partial charge in [-0.1, -0.05) is 6.92 Å². The summed E-state index contributed by atoms with van der Waals surface area (Å²) in [5, 5.41) is 3.37. The van der Waals surface area contributed by atoms with Gasteiger partial charge in [-0.25, -0.2) is 4.98 Å². The molecule has 1 saturated carbocycles. The quantitative estimate of drug-likeness (QED) is 0.820. The summed E-state index contributed by atoms with van der Waals surface area (Å²) in [5.41, 5.74) is 0. The molecule has 1 aliphatic carbocycles. The van der Waals surface area contributed by atoms with Crippen molar-refractivity contribution in [2.75, 3.05) is 11.9 Å². The number of ether oxygens (including phenoxy) is 1. The third-order valence-electron chi connectivity index (χ3n) is 2.55. The summed E-state index contributed by atoms with van der Waals surface area (Å²) in [6.07, 6.45) is 1.23. The second kappa shape index (κ2) is 4.04. The molecule has 4 nitrogen and oxygen atoms in total. The highest BCUT2D eigenvalue weighted by Gasteiger charge is 2.32. The maximum atomic E-state index is 5.37. The van der Waals surface area contributed by atoms with Gasteiger partial charge >= 0.3 is 0 Å². The van der Waals surface area contributed by atoms with Gasteiger partial charge in [-0.05, 0) is 26.2 Å². The van der Waals surface area contributed by atoms with Crippen molar-refractivity contribution in [3.63, 3.8) is 0 Å². The van der Waals surface area contributed by atoms with Crippen LogP contribution in [0.3, 0.4) is 0 Å². The lowest BCUT2D eigenvalue weighted by Crippen LogP contribution is -2.07. The van der Waals surface area contributed by atoms with E-state index >= 15 is 0 Å². The third-order valence-corrected chi connectivity index (χ3v) is 2.55. The van der Waals surface area contributed by atoms with Gasteiger partial charge in [0.2, 0.25) is 5.88 Å². The topological polar surface area (TPSA) is 47.0 Å². The van der Waals surface area contributed by atoms with E-state index in [2.05, 4.69) is 22.2 Å². The maximum Gasteiger partial charge on any atom is 0.218 e. The average Bonchev–Trinajstić information content (AvgIpc) is 2.81. The zero-order valence-corrected chi connectivity index (χ0v) is 9.45. The molecule has 1 N–H and O–H groups in total. The highest BCUT2D eigenvalue weighted by molar-refractivity contribution is 5.40. The van der Waals surface area contributed by atoms with Crippen LogP contribution < -0.4 is 10.1 Å². The Labute approximate surface area is 90.1 Å². The van der Waals surface area contributed by atoms with Crippen molar-refractivity contribution in [3.8, 4) is 5.88 Å². The summed E-state index contributed by atoms with van der Waals surface area (Å²) in [6, 6.07) is 2.44. The molecule has 1 aromatic heterocycles. The highest BCUT2D eigenvalue weighted by Crippen LogP contribution is 2.32. The molecule has 1 aromatic rings. The van der Waals surface area contributed by atoms with E-state index in [-0.39, 0.29) is 0 Å². The first-order chi connectivity index (χ1) is 7.19. The van der Waals surface area contributed by atoms with Gasteiger partial charge in [-0.3, -0.25) is 0 Å². The van der Waals surface area contributed by atoms with Crippen LogP contribution in [-0.4, -0.2) is 22.6 Å². The van der Waals surface area contributed by atoms with Crippen molar-refractivity contribution >= 4 is 5.82 Å². The van der Waals surface area contributed by atoms with Crippen molar-refractivity contribution < 1.29 is 4.74 Å². The van der Waals surface area contributed by atoms with E-state index in [9.17, 15) is 0 Å².